The zero-order valence-corrected chi connectivity index (χ0v) is 8.62. The number of benzene rings is 1. The molecule has 0 unspecified atom stereocenters. The van der Waals surface area contributed by atoms with E-state index in [1.54, 1.807) is 7.11 Å². The van der Waals surface area contributed by atoms with Gasteiger partial charge in [-0.2, -0.15) is 0 Å². The highest BCUT2D eigenvalue weighted by Crippen LogP contribution is 2.25. The molecule has 76 valence electrons. The number of ether oxygens (including phenoxy) is 1. The maximum absolute atomic E-state index is 5.22. The molecule has 1 aliphatic heterocycles. The molecule has 0 saturated carbocycles. The number of rotatable bonds is 2. The topological polar surface area (TPSA) is 21.3 Å². The van der Waals surface area contributed by atoms with Gasteiger partial charge in [-0.3, -0.25) is 0 Å². The highest BCUT2D eigenvalue weighted by molar-refractivity contribution is 5.30. The lowest BCUT2D eigenvalue weighted by atomic mass is 9.97. The zero-order valence-electron chi connectivity index (χ0n) is 8.62. The van der Waals surface area contributed by atoms with E-state index in [9.17, 15) is 0 Å². The third kappa shape index (κ3) is 2.07. The van der Waals surface area contributed by atoms with Crippen molar-refractivity contribution in [3.63, 3.8) is 0 Å². The lowest BCUT2D eigenvalue weighted by molar-refractivity contribution is 0.400. The molecule has 14 heavy (non-hydrogen) atoms. The molecule has 1 heterocycles. The molecule has 2 rings (SSSR count). The molecule has 0 aromatic heterocycles. The third-order valence-corrected chi connectivity index (χ3v) is 2.81. The summed E-state index contributed by atoms with van der Waals surface area (Å²) in [6.45, 7) is 1.14. The first-order chi connectivity index (χ1) is 6.90. The summed E-state index contributed by atoms with van der Waals surface area (Å²) in [5.74, 6) is 0.954. The Morgan fingerprint density at radius 1 is 1.36 bits per heavy atom. The van der Waals surface area contributed by atoms with Gasteiger partial charge in [0.1, 0.15) is 5.75 Å². The molecule has 1 atom stereocenters. The van der Waals surface area contributed by atoms with Crippen molar-refractivity contribution in [2.24, 2.45) is 0 Å². The molecule has 1 aromatic rings. The van der Waals surface area contributed by atoms with Crippen LogP contribution < -0.4 is 10.1 Å². The minimum absolute atomic E-state index is 0.527. The Bertz CT molecular complexity index is 292. The van der Waals surface area contributed by atoms with E-state index in [1.165, 1.54) is 24.8 Å². The van der Waals surface area contributed by atoms with Gasteiger partial charge in [0.2, 0.25) is 0 Å². The van der Waals surface area contributed by atoms with E-state index >= 15 is 0 Å². The average Bonchev–Trinajstić information content (AvgIpc) is 2.30. The highest BCUT2D eigenvalue weighted by atomic mass is 16.5. The van der Waals surface area contributed by atoms with Crippen LogP contribution in [0.1, 0.15) is 30.9 Å². The van der Waals surface area contributed by atoms with Crippen molar-refractivity contribution in [2.45, 2.75) is 25.3 Å². The van der Waals surface area contributed by atoms with Crippen molar-refractivity contribution < 1.29 is 4.74 Å². The zero-order chi connectivity index (χ0) is 9.80. The van der Waals surface area contributed by atoms with Crippen LogP contribution in [0, 0.1) is 0 Å². The van der Waals surface area contributed by atoms with Gasteiger partial charge in [-0.05, 0) is 37.1 Å². The maximum Gasteiger partial charge on any atom is 0.119 e. The lowest BCUT2D eigenvalue weighted by Crippen LogP contribution is -2.26. The number of hydrogen-bond donors (Lipinski definition) is 1. The minimum atomic E-state index is 0.527. The Labute approximate surface area is 85.3 Å². The van der Waals surface area contributed by atoms with E-state index in [-0.39, 0.29) is 0 Å². The fourth-order valence-corrected chi connectivity index (χ4v) is 1.99. The Kier molecular flexibility index (Phi) is 3.04. The van der Waals surface area contributed by atoms with Crippen LogP contribution in [0.25, 0.3) is 0 Å². The van der Waals surface area contributed by atoms with E-state index in [0.29, 0.717) is 6.04 Å². The monoisotopic (exact) mass is 191 g/mol. The highest BCUT2D eigenvalue weighted by Gasteiger charge is 2.14. The maximum atomic E-state index is 5.22. The standard InChI is InChI=1S/C12H17NO/c1-14-11-6-4-5-10(9-11)12-7-2-3-8-13-12/h4-6,9,12-13H,2-3,7-8H2,1H3/t12-/m1/s1. The van der Waals surface area contributed by atoms with Gasteiger partial charge in [0.05, 0.1) is 7.11 Å². The summed E-state index contributed by atoms with van der Waals surface area (Å²) >= 11 is 0. The molecule has 1 fully saturated rings. The van der Waals surface area contributed by atoms with Crippen molar-refractivity contribution >= 4 is 0 Å². The van der Waals surface area contributed by atoms with Crippen LogP contribution >= 0.6 is 0 Å². The SMILES string of the molecule is COc1cccc([C@H]2CCCCN2)c1. The molecule has 1 N–H and O–H groups in total. The molecule has 2 heteroatoms. The van der Waals surface area contributed by atoms with E-state index in [0.717, 1.165) is 12.3 Å². The summed E-state index contributed by atoms with van der Waals surface area (Å²) in [6, 6.07) is 8.88. The molecule has 0 radical (unpaired) electrons. The van der Waals surface area contributed by atoms with Crippen molar-refractivity contribution in [2.75, 3.05) is 13.7 Å². The smallest absolute Gasteiger partial charge is 0.119 e. The Hall–Kier alpha value is -1.02. The van der Waals surface area contributed by atoms with Crippen LogP contribution in [-0.4, -0.2) is 13.7 Å². The summed E-state index contributed by atoms with van der Waals surface area (Å²) in [7, 11) is 1.72. The van der Waals surface area contributed by atoms with E-state index < -0.39 is 0 Å². The summed E-state index contributed by atoms with van der Waals surface area (Å²) in [5, 5.41) is 3.53. The van der Waals surface area contributed by atoms with Gasteiger partial charge in [0.25, 0.3) is 0 Å². The van der Waals surface area contributed by atoms with Gasteiger partial charge in [-0.1, -0.05) is 18.6 Å². The molecule has 1 saturated heterocycles. The number of methoxy groups -OCH3 is 1. The van der Waals surface area contributed by atoms with Gasteiger partial charge in [0, 0.05) is 6.04 Å². The largest absolute Gasteiger partial charge is 0.497 e. The van der Waals surface area contributed by atoms with Gasteiger partial charge >= 0.3 is 0 Å². The molecule has 0 bridgehead atoms. The molecule has 0 amide bonds. The van der Waals surface area contributed by atoms with Crippen LogP contribution in [0.4, 0.5) is 0 Å². The van der Waals surface area contributed by atoms with Crippen molar-refractivity contribution in [3.8, 4) is 5.75 Å². The van der Waals surface area contributed by atoms with Crippen LogP contribution in [-0.2, 0) is 0 Å². The summed E-state index contributed by atoms with van der Waals surface area (Å²) in [5.41, 5.74) is 1.35. The van der Waals surface area contributed by atoms with E-state index in [4.69, 9.17) is 4.74 Å². The summed E-state index contributed by atoms with van der Waals surface area (Å²) < 4.78 is 5.22. The predicted molar refractivity (Wildman–Crippen MR) is 57.6 cm³/mol. The predicted octanol–water partition coefficient (Wildman–Crippen LogP) is 2.51. The molecule has 0 aliphatic carbocycles. The summed E-state index contributed by atoms with van der Waals surface area (Å²) in [6.07, 6.45) is 3.88. The van der Waals surface area contributed by atoms with Crippen LogP contribution in [0.5, 0.6) is 5.75 Å². The Morgan fingerprint density at radius 3 is 3.00 bits per heavy atom. The van der Waals surface area contributed by atoms with Gasteiger partial charge in [0.15, 0.2) is 0 Å². The molecule has 1 aromatic carbocycles. The lowest BCUT2D eigenvalue weighted by Gasteiger charge is -2.24. The minimum Gasteiger partial charge on any atom is -0.497 e. The molecule has 2 nitrogen and oxygen atoms in total. The first kappa shape index (κ1) is 9.53. The fourth-order valence-electron chi connectivity index (χ4n) is 1.99. The summed E-state index contributed by atoms with van der Waals surface area (Å²) in [4.78, 5) is 0. The fraction of sp³-hybridized carbons (Fsp3) is 0.500. The van der Waals surface area contributed by atoms with Crippen LogP contribution in [0.15, 0.2) is 24.3 Å². The van der Waals surface area contributed by atoms with Crippen LogP contribution in [0.3, 0.4) is 0 Å². The second-order valence-corrected chi connectivity index (χ2v) is 3.78. The quantitative estimate of drug-likeness (QED) is 0.775. The van der Waals surface area contributed by atoms with Crippen molar-refractivity contribution in [3.05, 3.63) is 29.8 Å². The molecular formula is C12H17NO. The van der Waals surface area contributed by atoms with Gasteiger partial charge in [-0.15, -0.1) is 0 Å². The number of nitrogens with one attached hydrogen (secondary N) is 1. The van der Waals surface area contributed by atoms with Gasteiger partial charge in [-0.25, -0.2) is 0 Å². The Balaban J connectivity index is 2.13. The second-order valence-electron chi connectivity index (χ2n) is 3.78. The molecular weight excluding hydrogens is 174 g/mol. The molecule has 1 aliphatic rings. The van der Waals surface area contributed by atoms with E-state index in [1.807, 2.05) is 6.07 Å². The third-order valence-electron chi connectivity index (χ3n) is 2.81. The number of piperidine rings is 1. The Morgan fingerprint density at radius 2 is 2.29 bits per heavy atom. The van der Waals surface area contributed by atoms with Gasteiger partial charge < -0.3 is 10.1 Å². The van der Waals surface area contributed by atoms with Crippen LogP contribution in [0.2, 0.25) is 0 Å². The first-order valence-corrected chi connectivity index (χ1v) is 5.27. The van der Waals surface area contributed by atoms with E-state index in [2.05, 4.69) is 23.5 Å². The average molecular weight is 191 g/mol. The number of hydrogen-bond acceptors (Lipinski definition) is 2. The van der Waals surface area contributed by atoms with Crippen molar-refractivity contribution in [1.82, 2.24) is 5.32 Å². The second kappa shape index (κ2) is 4.47. The normalized spacial score (nSPS) is 21.9. The molecule has 0 spiro atoms. The first-order valence-electron chi connectivity index (χ1n) is 5.27. The van der Waals surface area contributed by atoms with Crippen molar-refractivity contribution in [1.29, 1.82) is 0 Å².